The second-order valence-corrected chi connectivity index (χ2v) is 6.37. The molecule has 0 aliphatic heterocycles. The molecule has 2 fully saturated rings. The number of hydrogen-bond donors (Lipinski definition) is 1. The Hall–Kier alpha value is -0.0800. The molecular formula is C14H28N2. The van der Waals surface area contributed by atoms with Gasteiger partial charge in [-0.3, -0.25) is 0 Å². The Morgan fingerprint density at radius 1 is 1.25 bits per heavy atom. The minimum atomic E-state index is 0.585. The fourth-order valence-electron chi connectivity index (χ4n) is 2.88. The molecule has 0 bridgehead atoms. The van der Waals surface area contributed by atoms with Gasteiger partial charge < -0.3 is 10.2 Å². The van der Waals surface area contributed by atoms with Gasteiger partial charge in [0, 0.05) is 25.2 Å². The van der Waals surface area contributed by atoms with Gasteiger partial charge in [0.1, 0.15) is 0 Å². The van der Waals surface area contributed by atoms with E-state index in [2.05, 4.69) is 31.1 Å². The predicted octanol–water partition coefficient (Wildman–Crippen LogP) is 2.64. The number of nitrogens with zero attached hydrogens (tertiary/aromatic N) is 1. The molecule has 2 heteroatoms. The van der Waals surface area contributed by atoms with E-state index in [9.17, 15) is 0 Å². The Bertz CT molecular complexity index is 215. The summed E-state index contributed by atoms with van der Waals surface area (Å²) in [7, 11) is 2.28. The van der Waals surface area contributed by atoms with Crippen molar-refractivity contribution in [1.29, 1.82) is 0 Å². The Balaban J connectivity index is 1.86. The highest BCUT2D eigenvalue weighted by atomic mass is 15.1. The first kappa shape index (κ1) is 12.4. The van der Waals surface area contributed by atoms with Crippen LogP contribution in [0.4, 0.5) is 0 Å². The molecule has 2 aliphatic rings. The zero-order chi connectivity index (χ0) is 11.6. The smallest absolute Gasteiger partial charge is 0.00684 e. The van der Waals surface area contributed by atoms with E-state index in [4.69, 9.17) is 0 Å². The molecular weight excluding hydrogens is 196 g/mol. The van der Waals surface area contributed by atoms with Crippen molar-refractivity contribution in [3.63, 3.8) is 0 Å². The molecule has 0 heterocycles. The predicted molar refractivity (Wildman–Crippen MR) is 69.7 cm³/mol. The third-order valence-electron chi connectivity index (χ3n) is 4.47. The average Bonchev–Trinajstić information content (AvgIpc) is 2.97. The first-order valence-corrected chi connectivity index (χ1v) is 7.05. The molecule has 2 rings (SSSR count). The molecule has 0 unspecified atom stereocenters. The van der Waals surface area contributed by atoms with Crippen LogP contribution in [0.3, 0.4) is 0 Å². The van der Waals surface area contributed by atoms with Crippen molar-refractivity contribution in [2.75, 3.05) is 20.1 Å². The highest BCUT2D eigenvalue weighted by Gasteiger charge is 2.36. The van der Waals surface area contributed by atoms with Crippen LogP contribution in [0.5, 0.6) is 0 Å². The number of hydrogen-bond acceptors (Lipinski definition) is 2. The van der Waals surface area contributed by atoms with Gasteiger partial charge in [-0.15, -0.1) is 0 Å². The number of rotatable bonds is 6. The van der Waals surface area contributed by atoms with Crippen LogP contribution in [0.2, 0.25) is 0 Å². The lowest BCUT2D eigenvalue weighted by atomic mass is 9.85. The molecule has 0 radical (unpaired) electrons. The van der Waals surface area contributed by atoms with E-state index in [1.54, 1.807) is 0 Å². The summed E-state index contributed by atoms with van der Waals surface area (Å²) in [5.74, 6) is 0. The van der Waals surface area contributed by atoms with E-state index in [1.165, 1.54) is 51.6 Å². The van der Waals surface area contributed by atoms with Crippen LogP contribution in [0.25, 0.3) is 0 Å². The Labute approximate surface area is 101 Å². The minimum absolute atomic E-state index is 0.585. The zero-order valence-electron chi connectivity index (χ0n) is 11.3. The summed E-state index contributed by atoms with van der Waals surface area (Å²) in [5.41, 5.74) is 0.585. The summed E-state index contributed by atoms with van der Waals surface area (Å²) >= 11 is 0. The molecule has 0 aromatic heterocycles. The molecule has 2 aliphatic carbocycles. The van der Waals surface area contributed by atoms with Gasteiger partial charge in [0.25, 0.3) is 0 Å². The highest BCUT2D eigenvalue weighted by molar-refractivity contribution is 4.92. The van der Waals surface area contributed by atoms with Gasteiger partial charge in [-0.25, -0.2) is 0 Å². The second-order valence-electron chi connectivity index (χ2n) is 6.37. The maximum Gasteiger partial charge on any atom is 0.00684 e. The Morgan fingerprint density at radius 3 is 2.38 bits per heavy atom. The molecule has 0 atom stereocenters. The van der Waals surface area contributed by atoms with Gasteiger partial charge in [0.15, 0.2) is 0 Å². The van der Waals surface area contributed by atoms with Crippen molar-refractivity contribution in [2.24, 2.45) is 5.41 Å². The SMILES string of the molecule is CC(C)N(C)CC1(CNC2CC2)CCCC1. The molecule has 2 nitrogen and oxygen atoms in total. The summed E-state index contributed by atoms with van der Waals surface area (Å²) in [6, 6.07) is 1.54. The van der Waals surface area contributed by atoms with Crippen molar-refractivity contribution >= 4 is 0 Å². The lowest BCUT2D eigenvalue weighted by Crippen LogP contribution is -2.43. The molecule has 0 saturated heterocycles. The first-order chi connectivity index (χ1) is 7.61. The molecule has 2 saturated carbocycles. The van der Waals surface area contributed by atoms with E-state index in [0.717, 1.165) is 6.04 Å². The maximum atomic E-state index is 3.76. The Morgan fingerprint density at radius 2 is 1.88 bits per heavy atom. The van der Waals surface area contributed by atoms with E-state index in [0.29, 0.717) is 11.5 Å². The van der Waals surface area contributed by atoms with Crippen LogP contribution >= 0.6 is 0 Å². The van der Waals surface area contributed by atoms with Crippen molar-refractivity contribution in [2.45, 2.75) is 64.5 Å². The van der Waals surface area contributed by atoms with Gasteiger partial charge in [0.2, 0.25) is 0 Å². The third kappa shape index (κ3) is 3.21. The summed E-state index contributed by atoms with van der Waals surface area (Å²) in [6.07, 6.45) is 8.58. The van der Waals surface area contributed by atoms with Crippen LogP contribution in [-0.4, -0.2) is 37.1 Å². The Kier molecular flexibility index (Phi) is 3.91. The zero-order valence-corrected chi connectivity index (χ0v) is 11.3. The van der Waals surface area contributed by atoms with E-state index in [1.807, 2.05) is 0 Å². The minimum Gasteiger partial charge on any atom is -0.313 e. The van der Waals surface area contributed by atoms with E-state index < -0.39 is 0 Å². The molecule has 16 heavy (non-hydrogen) atoms. The summed E-state index contributed by atoms with van der Waals surface area (Å²) in [4.78, 5) is 2.53. The van der Waals surface area contributed by atoms with Gasteiger partial charge in [0.05, 0.1) is 0 Å². The van der Waals surface area contributed by atoms with E-state index in [-0.39, 0.29) is 0 Å². The molecule has 0 aromatic rings. The van der Waals surface area contributed by atoms with Crippen molar-refractivity contribution in [3.8, 4) is 0 Å². The van der Waals surface area contributed by atoms with Crippen LogP contribution < -0.4 is 5.32 Å². The monoisotopic (exact) mass is 224 g/mol. The molecule has 1 N–H and O–H groups in total. The van der Waals surface area contributed by atoms with Crippen LogP contribution in [0, 0.1) is 5.41 Å². The van der Waals surface area contributed by atoms with Crippen molar-refractivity contribution in [1.82, 2.24) is 10.2 Å². The van der Waals surface area contributed by atoms with Crippen molar-refractivity contribution in [3.05, 3.63) is 0 Å². The number of nitrogens with one attached hydrogen (secondary N) is 1. The molecule has 0 spiro atoms. The summed E-state index contributed by atoms with van der Waals surface area (Å²) in [5, 5.41) is 3.76. The quantitative estimate of drug-likeness (QED) is 0.746. The van der Waals surface area contributed by atoms with Gasteiger partial charge in [-0.05, 0) is 52.0 Å². The average molecular weight is 224 g/mol. The highest BCUT2D eigenvalue weighted by Crippen LogP contribution is 2.39. The first-order valence-electron chi connectivity index (χ1n) is 7.05. The van der Waals surface area contributed by atoms with E-state index >= 15 is 0 Å². The maximum absolute atomic E-state index is 3.76. The largest absolute Gasteiger partial charge is 0.313 e. The fraction of sp³-hybridized carbons (Fsp3) is 1.00. The topological polar surface area (TPSA) is 15.3 Å². The summed E-state index contributed by atoms with van der Waals surface area (Å²) < 4.78 is 0. The van der Waals surface area contributed by atoms with Gasteiger partial charge in [-0.1, -0.05) is 12.8 Å². The van der Waals surface area contributed by atoms with Crippen LogP contribution in [0.1, 0.15) is 52.4 Å². The summed E-state index contributed by atoms with van der Waals surface area (Å²) in [6.45, 7) is 7.15. The lowest BCUT2D eigenvalue weighted by Gasteiger charge is -2.35. The van der Waals surface area contributed by atoms with Gasteiger partial charge >= 0.3 is 0 Å². The second kappa shape index (κ2) is 5.05. The van der Waals surface area contributed by atoms with Gasteiger partial charge in [-0.2, -0.15) is 0 Å². The third-order valence-corrected chi connectivity index (χ3v) is 4.47. The molecule has 94 valence electrons. The fourth-order valence-corrected chi connectivity index (χ4v) is 2.88. The molecule has 0 amide bonds. The molecule has 0 aromatic carbocycles. The normalized spacial score (nSPS) is 24.6. The lowest BCUT2D eigenvalue weighted by molar-refractivity contribution is 0.147. The van der Waals surface area contributed by atoms with Crippen LogP contribution in [-0.2, 0) is 0 Å². The standard InChI is InChI=1S/C14H28N2/c1-12(2)16(3)11-14(8-4-5-9-14)10-15-13-6-7-13/h12-13,15H,4-11H2,1-3H3. The van der Waals surface area contributed by atoms with Crippen molar-refractivity contribution < 1.29 is 0 Å². The van der Waals surface area contributed by atoms with Crippen LogP contribution in [0.15, 0.2) is 0 Å².